The lowest BCUT2D eigenvalue weighted by Crippen LogP contribution is -2.14. The Morgan fingerprint density at radius 3 is 2.03 bits per heavy atom. The number of carbonyl (C=O) groups is 1. The lowest BCUT2D eigenvalue weighted by Gasteiger charge is -2.08. The van der Waals surface area contributed by atoms with Gasteiger partial charge in [-0.1, -0.05) is 5.10 Å². The highest BCUT2D eigenvalue weighted by Crippen LogP contribution is 2.22. The van der Waals surface area contributed by atoms with Crippen LogP contribution >= 0.6 is 0 Å². The third-order valence-corrected chi connectivity index (χ3v) is 7.22. The molecule has 4 aromatic rings. The molecule has 0 bridgehead atoms. The van der Waals surface area contributed by atoms with E-state index in [1.165, 1.54) is 48.5 Å². The molecule has 0 aliphatic carbocycles. The summed E-state index contributed by atoms with van der Waals surface area (Å²) in [6.07, 6.45) is 1.09. The molecule has 0 saturated carbocycles. The average Bonchev–Trinajstić information content (AvgIpc) is 3.27. The van der Waals surface area contributed by atoms with Crippen LogP contribution in [-0.4, -0.2) is 39.2 Å². The minimum Gasteiger partial charge on any atom is -0.403 e. The van der Waals surface area contributed by atoms with Crippen LogP contribution in [-0.2, 0) is 19.9 Å². The summed E-state index contributed by atoms with van der Waals surface area (Å²) in [6.45, 7) is 0. The summed E-state index contributed by atoms with van der Waals surface area (Å²) in [6, 6.07) is 15.5. The van der Waals surface area contributed by atoms with E-state index in [-0.39, 0.29) is 32.9 Å². The summed E-state index contributed by atoms with van der Waals surface area (Å²) in [4.78, 5) is 12.5. The van der Waals surface area contributed by atoms with E-state index in [9.17, 15) is 26.0 Å². The molecule has 0 unspecified atom stereocenters. The second-order valence-electron chi connectivity index (χ2n) is 7.30. The van der Waals surface area contributed by atoms with Crippen molar-refractivity contribution in [1.82, 2.24) is 10.2 Å². The summed E-state index contributed by atoms with van der Waals surface area (Å²) < 4.78 is 68.7. The molecule has 2 N–H and O–H groups in total. The molecule has 0 radical (unpaired) electrons. The lowest BCUT2D eigenvalue weighted by atomic mass is 10.2. The van der Waals surface area contributed by atoms with Crippen molar-refractivity contribution in [3.8, 4) is 11.5 Å². The van der Waals surface area contributed by atoms with Crippen molar-refractivity contribution in [2.45, 2.75) is 9.79 Å². The molecule has 13 heteroatoms. The SMILES string of the molecule is CS(=O)(=O)c1ccc(-c2nnc(NC(=O)c3ccc(NS(=O)(=O)c4ccc(F)cc4)cc3)o2)cc1. The number of halogens is 1. The Morgan fingerprint density at radius 2 is 1.43 bits per heavy atom. The molecule has 0 aliphatic rings. The summed E-state index contributed by atoms with van der Waals surface area (Å²) in [5.74, 6) is -1.07. The largest absolute Gasteiger partial charge is 0.403 e. The molecule has 0 atom stereocenters. The first-order valence-corrected chi connectivity index (χ1v) is 13.2. The monoisotopic (exact) mass is 516 g/mol. The third-order valence-electron chi connectivity index (χ3n) is 4.70. The average molecular weight is 517 g/mol. The predicted molar refractivity (Wildman–Crippen MR) is 124 cm³/mol. The zero-order valence-electron chi connectivity index (χ0n) is 18.0. The molecule has 10 nitrogen and oxygen atoms in total. The minimum absolute atomic E-state index is 0.0749. The van der Waals surface area contributed by atoms with E-state index in [1.54, 1.807) is 0 Å². The van der Waals surface area contributed by atoms with Crippen molar-refractivity contribution in [1.29, 1.82) is 0 Å². The van der Waals surface area contributed by atoms with E-state index in [2.05, 4.69) is 20.2 Å². The standard InChI is InChI=1S/C22H17FN4O6S2/c1-34(29,30)18-10-4-15(5-11-18)21-25-26-22(33-21)24-20(28)14-2-8-17(9-3-14)27-35(31,32)19-12-6-16(23)7-13-19/h2-13,27H,1H3,(H,24,26,28). The molecule has 0 spiro atoms. The molecule has 35 heavy (non-hydrogen) atoms. The Hall–Kier alpha value is -4.10. The topological polar surface area (TPSA) is 148 Å². The van der Waals surface area contributed by atoms with Gasteiger partial charge in [-0.2, -0.15) is 0 Å². The molecule has 1 amide bonds. The summed E-state index contributed by atoms with van der Waals surface area (Å²) in [5.41, 5.74) is 0.846. The fraction of sp³-hybridized carbons (Fsp3) is 0.0455. The molecule has 1 aromatic heterocycles. The Labute approximate surface area is 199 Å². The van der Waals surface area contributed by atoms with Crippen LogP contribution in [0.4, 0.5) is 16.1 Å². The van der Waals surface area contributed by atoms with Gasteiger partial charge >= 0.3 is 6.01 Å². The van der Waals surface area contributed by atoms with Crippen LogP contribution in [0, 0.1) is 5.82 Å². The predicted octanol–water partition coefficient (Wildman–Crippen LogP) is 3.33. The molecule has 0 aliphatic heterocycles. The number of nitrogens with one attached hydrogen (secondary N) is 2. The minimum atomic E-state index is -3.93. The maximum atomic E-state index is 13.0. The first-order chi connectivity index (χ1) is 16.5. The fourth-order valence-corrected chi connectivity index (χ4v) is 4.61. The van der Waals surface area contributed by atoms with Gasteiger partial charge in [-0.15, -0.1) is 5.10 Å². The Bertz CT molecular complexity index is 1580. The van der Waals surface area contributed by atoms with Gasteiger partial charge < -0.3 is 4.42 Å². The van der Waals surface area contributed by atoms with Crippen LogP contribution in [0.2, 0.25) is 0 Å². The molecule has 1 heterocycles. The first-order valence-electron chi connectivity index (χ1n) is 9.85. The van der Waals surface area contributed by atoms with Crippen molar-refractivity contribution >= 4 is 37.5 Å². The summed E-state index contributed by atoms with van der Waals surface area (Å²) >= 11 is 0. The van der Waals surface area contributed by atoms with E-state index in [0.29, 0.717) is 5.56 Å². The first kappa shape index (κ1) is 24.0. The second kappa shape index (κ2) is 9.27. The van der Waals surface area contributed by atoms with Crippen molar-refractivity contribution in [3.63, 3.8) is 0 Å². The van der Waals surface area contributed by atoms with Gasteiger partial charge in [0.25, 0.3) is 15.9 Å². The number of anilines is 2. The van der Waals surface area contributed by atoms with Crippen LogP contribution in [0.3, 0.4) is 0 Å². The van der Waals surface area contributed by atoms with Gasteiger partial charge in [0.2, 0.25) is 5.89 Å². The Kier molecular flexibility index (Phi) is 6.37. The van der Waals surface area contributed by atoms with E-state index in [4.69, 9.17) is 4.42 Å². The van der Waals surface area contributed by atoms with Crippen LogP contribution in [0.25, 0.3) is 11.5 Å². The van der Waals surface area contributed by atoms with Gasteiger partial charge in [0, 0.05) is 23.1 Å². The fourth-order valence-electron chi connectivity index (χ4n) is 2.92. The van der Waals surface area contributed by atoms with Gasteiger partial charge in [-0.25, -0.2) is 21.2 Å². The number of rotatable bonds is 7. The highest BCUT2D eigenvalue weighted by molar-refractivity contribution is 7.92. The Morgan fingerprint density at radius 1 is 0.829 bits per heavy atom. The number of sulfonamides is 1. The van der Waals surface area contributed by atoms with Gasteiger partial charge in [0.15, 0.2) is 9.84 Å². The third kappa shape index (κ3) is 5.70. The van der Waals surface area contributed by atoms with Crippen molar-refractivity contribution in [3.05, 3.63) is 84.2 Å². The van der Waals surface area contributed by atoms with Gasteiger partial charge in [0.1, 0.15) is 5.82 Å². The van der Waals surface area contributed by atoms with Crippen LogP contribution in [0.1, 0.15) is 10.4 Å². The molecule has 0 saturated heterocycles. The number of carbonyl (C=O) groups excluding carboxylic acids is 1. The van der Waals surface area contributed by atoms with Gasteiger partial charge in [-0.3, -0.25) is 14.8 Å². The second-order valence-corrected chi connectivity index (χ2v) is 11.0. The number of amides is 1. The Balaban J connectivity index is 1.42. The van der Waals surface area contributed by atoms with Crippen molar-refractivity contribution < 1.29 is 30.4 Å². The normalized spacial score (nSPS) is 11.7. The van der Waals surface area contributed by atoms with E-state index < -0.39 is 31.6 Å². The lowest BCUT2D eigenvalue weighted by molar-refractivity contribution is 0.102. The molecule has 3 aromatic carbocycles. The zero-order chi connectivity index (χ0) is 25.2. The van der Waals surface area contributed by atoms with E-state index >= 15 is 0 Å². The van der Waals surface area contributed by atoms with Crippen LogP contribution < -0.4 is 10.0 Å². The summed E-state index contributed by atoms with van der Waals surface area (Å²) in [7, 11) is -7.28. The van der Waals surface area contributed by atoms with Crippen LogP contribution in [0.15, 0.2) is 87.0 Å². The number of nitrogens with zero attached hydrogens (tertiary/aromatic N) is 2. The number of benzene rings is 3. The molecule has 4 rings (SSSR count). The van der Waals surface area contributed by atoms with Crippen LogP contribution in [0.5, 0.6) is 0 Å². The smallest absolute Gasteiger partial charge is 0.322 e. The van der Waals surface area contributed by atoms with E-state index in [0.717, 1.165) is 30.5 Å². The quantitative estimate of drug-likeness (QED) is 0.380. The molecule has 180 valence electrons. The summed E-state index contributed by atoms with van der Waals surface area (Å²) in [5, 5.41) is 10.0. The highest BCUT2D eigenvalue weighted by Gasteiger charge is 2.16. The number of aromatic nitrogens is 2. The maximum absolute atomic E-state index is 13.0. The molecule has 0 fully saturated rings. The van der Waals surface area contributed by atoms with Crippen molar-refractivity contribution in [2.75, 3.05) is 16.3 Å². The van der Waals surface area contributed by atoms with Crippen molar-refractivity contribution in [2.24, 2.45) is 0 Å². The van der Waals surface area contributed by atoms with Gasteiger partial charge in [0.05, 0.1) is 9.79 Å². The molecular weight excluding hydrogens is 499 g/mol. The highest BCUT2D eigenvalue weighted by atomic mass is 32.2. The number of sulfone groups is 1. The van der Waals surface area contributed by atoms with E-state index in [1.807, 2.05) is 0 Å². The number of hydrogen-bond donors (Lipinski definition) is 2. The molecular formula is C22H17FN4O6S2. The van der Waals surface area contributed by atoms with Gasteiger partial charge in [-0.05, 0) is 72.8 Å². The number of hydrogen-bond acceptors (Lipinski definition) is 8. The zero-order valence-corrected chi connectivity index (χ0v) is 19.6. The maximum Gasteiger partial charge on any atom is 0.322 e.